The number of rotatable bonds is 6. The first kappa shape index (κ1) is 18.7. The molecule has 1 unspecified atom stereocenters. The molecule has 0 radical (unpaired) electrons. The van der Waals surface area contributed by atoms with Crippen molar-refractivity contribution in [2.75, 3.05) is 52.2 Å². The fraction of sp³-hybridized carbons (Fsp3) is 0.421. The third kappa shape index (κ3) is 4.97. The van der Waals surface area contributed by atoms with Gasteiger partial charge in [0.1, 0.15) is 5.75 Å². The van der Waals surface area contributed by atoms with Gasteiger partial charge in [-0.05, 0) is 53.7 Å². The molecule has 7 heteroatoms. The van der Waals surface area contributed by atoms with Crippen molar-refractivity contribution in [2.45, 2.75) is 6.04 Å². The van der Waals surface area contributed by atoms with Gasteiger partial charge in [-0.15, -0.1) is 0 Å². The number of nitrogens with one attached hydrogen (secondary N) is 2. The maximum absolute atomic E-state index is 12.3. The molecule has 1 atom stereocenters. The first-order valence-corrected chi connectivity index (χ1v) is 9.73. The maximum atomic E-state index is 12.3. The van der Waals surface area contributed by atoms with Crippen LogP contribution in [-0.2, 0) is 0 Å². The quantitative estimate of drug-likeness (QED) is 0.816. The Morgan fingerprint density at radius 3 is 2.54 bits per heavy atom. The van der Waals surface area contributed by atoms with Gasteiger partial charge < -0.3 is 20.3 Å². The number of anilines is 1. The number of urea groups is 1. The third-order valence-corrected chi connectivity index (χ3v) is 5.41. The van der Waals surface area contributed by atoms with Crippen molar-refractivity contribution < 1.29 is 9.53 Å². The fourth-order valence-corrected chi connectivity index (χ4v) is 3.80. The zero-order valence-electron chi connectivity index (χ0n) is 15.3. The number of piperazine rings is 1. The van der Waals surface area contributed by atoms with E-state index in [2.05, 4.69) is 44.3 Å². The second-order valence-corrected chi connectivity index (χ2v) is 7.26. The molecule has 3 rings (SSSR count). The number of hydrogen-bond acceptors (Lipinski definition) is 5. The smallest absolute Gasteiger partial charge is 0.319 e. The number of amides is 2. The molecule has 1 aliphatic rings. The molecule has 1 fully saturated rings. The third-order valence-electron chi connectivity index (χ3n) is 4.71. The Balaban J connectivity index is 1.57. The molecule has 1 aliphatic heterocycles. The molecule has 0 spiro atoms. The van der Waals surface area contributed by atoms with Crippen LogP contribution in [0.3, 0.4) is 0 Å². The molecule has 2 amide bonds. The van der Waals surface area contributed by atoms with Gasteiger partial charge in [0, 0.05) is 38.4 Å². The lowest BCUT2D eigenvalue weighted by molar-refractivity contribution is 0.111. The number of hydrogen-bond donors (Lipinski definition) is 2. The lowest BCUT2D eigenvalue weighted by Crippen LogP contribution is -2.48. The Morgan fingerprint density at radius 1 is 1.19 bits per heavy atom. The van der Waals surface area contributed by atoms with Gasteiger partial charge in [0.15, 0.2) is 0 Å². The molecule has 1 saturated heterocycles. The summed E-state index contributed by atoms with van der Waals surface area (Å²) in [5, 5.41) is 10.2. The van der Waals surface area contributed by atoms with Crippen LogP contribution in [0.2, 0.25) is 0 Å². The molecule has 2 N–H and O–H groups in total. The SMILES string of the molecule is COc1ccc(NC(=O)NCC(c2ccsc2)N2CCN(C)CC2)cc1. The van der Waals surface area contributed by atoms with Crippen molar-refractivity contribution in [1.82, 2.24) is 15.1 Å². The van der Waals surface area contributed by atoms with Crippen molar-refractivity contribution in [3.63, 3.8) is 0 Å². The van der Waals surface area contributed by atoms with Gasteiger partial charge in [-0.1, -0.05) is 0 Å². The number of ether oxygens (including phenoxy) is 1. The first-order valence-electron chi connectivity index (χ1n) is 8.79. The Kier molecular flexibility index (Phi) is 6.49. The molecule has 1 aromatic heterocycles. The average Bonchev–Trinajstić information content (AvgIpc) is 3.18. The lowest BCUT2D eigenvalue weighted by atomic mass is 10.1. The van der Waals surface area contributed by atoms with Gasteiger partial charge >= 0.3 is 6.03 Å². The van der Waals surface area contributed by atoms with E-state index in [9.17, 15) is 4.79 Å². The minimum absolute atomic E-state index is 0.190. The Hall–Kier alpha value is -2.09. The van der Waals surface area contributed by atoms with E-state index in [1.807, 2.05) is 24.3 Å². The zero-order valence-corrected chi connectivity index (χ0v) is 16.1. The topological polar surface area (TPSA) is 56.8 Å². The summed E-state index contributed by atoms with van der Waals surface area (Å²) in [6, 6.07) is 9.48. The molecule has 26 heavy (non-hydrogen) atoms. The van der Waals surface area contributed by atoms with Crippen LogP contribution in [-0.4, -0.2) is 62.7 Å². The number of methoxy groups -OCH3 is 1. The van der Waals surface area contributed by atoms with Crippen LogP contribution in [0.5, 0.6) is 5.75 Å². The highest BCUT2D eigenvalue weighted by atomic mass is 32.1. The number of benzene rings is 1. The van der Waals surface area contributed by atoms with Crippen LogP contribution >= 0.6 is 11.3 Å². The van der Waals surface area contributed by atoms with Gasteiger partial charge in [-0.3, -0.25) is 4.90 Å². The van der Waals surface area contributed by atoms with Gasteiger partial charge in [0.2, 0.25) is 0 Å². The Labute approximate surface area is 158 Å². The monoisotopic (exact) mass is 374 g/mol. The van der Waals surface area contributed by atoms with Crippen molar-refractivity contribution in [2.24, 2.45) is 0 Å². The van der Waals surface area contributed by atoms with Gasteiger partial charge in [0.05, 0.1) is 13.2 Å². The standard InChI is InChI=1S/C19H26N4O2S/c1-22-8-10-23(11-9-22)18(15-7-12-26-14-15)13-20-19(24)21-16-3-5-17(25-2)6-4-16/h3-7,12,14,18H,8-11,13H2,1-2H3,(H2,20,21,24). The van der Waals surface area contributed by atoms with Crippen molar-refractivity contribution in [1.29, 1.82) is 0 Å². The fourth-order valence-electron chi connectivity index (χ4n) is 3.09. The Bertz CT molecular complexity index is 682. The van der Waals surface area contributed by atoms with E-state index in [0.717, 1.165) is 37.6 Å². The molecular formula is C19H26N4O2S. The summed E-state index contributed by atoms with van der Waals surface area (Å²) >= 11 is 1.70. The van der Waals surface area contributed by atoms with Crippen LogP contribution in [0.1, 0.15) is 11.6 Å². The minimum atomic E-state index is -0.190. The lowest BCUT2D eigenvalue weighted by Gasteiger charge is -2.37. The predicted octanol–water partition coefficient (Wildman–Crippen LogP) is 2.87. The summed E-state index contributed by atoms with van der Waals surface area (Å²) in [5.74, 6) is 0.767. The van der Waals surface area contributed by atoms with E-state index < -0.39 is 0 Å². The molecule has 2 aromatic rings. The summed E-state index contributed by atoms with van der Waals surface area (Å²) in [4.78, 5) is 17.1. The van der Waals surface area contributed by atoms with E-state index in [1.165, 1.54) is 5.56 Å². The van der Waals surface area contributed by atoms with Gasteiger partial charge in [0.25, 0.3) is 0 Å². The molecule has 6 nitrogen and oxygen atoms in total. The Morgan fingerprint density at radius 2 is 1.92 bits per heavy atom. The largest absolute Gasteiger partial charge is 0.497 e. The molecule has 2 heterocycles. The highest BCUT2D eigenvalue weighted by Crippen LogP contribution is 2.23. The van der Waals surface area contributed by atoms with Crippen LogP contribution in [0.25, 0.3) is 0 Å². The van der Waals surface area contributed by atoms with Crippen molar-refractivity contribution >= 4 is 23.1 Å². The number of thiophene rings is 1. The summed E-state index contributed by atoms with van der Waals surface area (Å²) in [5.41, 5.74) is 2.01. The van der Waals surface area contributed by atoms with Crippen molar-refractivity contribution in [3.05, 3.63) is 46.7 Å². The predicted molar refractivity (Wildman–Crippen MR) is 106 cm³/mol. The average molecular weight is 375 g/mol. The molecule has 0 aliphatic carbocycles. The summed E-state index contributed by atoms with van der Waals surface area (Å²) in [6.07, 6.45) is 0. The number of nitrogens with zero attached hydrogens (tertiary/aromatic N) is 2. The summed E-state index contributed by atoms with van der Waals surface area (Å²) in [7, 11) is 3.77. The van der Waals surface area contributed by atoms with E-state index in [-0.39, 0.29) is 12.1 Å². The van der Waals surface area contributed by atoms with Crippen LogP contribution in [0.4, 0.5) is 10.5 Å². The second kappa shape index (κ2) is 9.02. The maximum Gasteiger partial charge on any atom is 0.319 e. The molecule has 140 valence electrons. The van der Waals surface area contributed by atoms with Crippen LogP contribution in [0.15, 0.2) is 41.1 Å². The number of likely N-dealkylation sites (N-methyl/N-ethyl adjacent to an activating group) is 1. The van der Waals surface area contributed by atoms with Crippen LogP contribution < -0.4 is 15.4 Å². The zero-order chi connectivity index (χ0) is 18.4. The van der Waals surface area contributed by atoms with Crippen molar-refractivity contribution in [3.8, 4) is 5.75 Å². The molecular weight excluding hydrogens is 348 g/mol. The van der Waals surface area contributed by atoms with E-state index in [4.69, 9.17) is 4.74 Å². The summed E-state index contributed by atoms with van der Waals surface area (Å²) < 4.78 is 5.13. The second-order valence-electron chi connectivity index (χ2n) is 6.48. The number of carbonyl (C=O) groups is 1. The molecule has 0 bridgehead atoms. The van der Waals surface area contributed by atoms with Gasteiger partial charge in [-0.2, -0.15) is 11.3 Å². The van der Waals surface area contributed by atoms with E-state index in [1.54, 1.807) is 18.4 Å². The summed E-state index contributed by atoms with van der Waals surface area (Å²) in [6.45, 7) is 4.72. The normalized spacial score (nSPS) is 16.8. The van der Waals surface area contributed by atoms with Gasteiger partial charge in [-0.25, -0.2) is 4.79 Å². The first-order chi connectivity index (χ1) is 12.7. The highest BCUT2D eigenvalue weighted by molar-refractivity contribution is 7.07. The number of carbonyl (C=O) groups excluding carboxylic acids is 1. The highest BCUT2D eigenvalue weighted by Gasteiger charge is 2.24. The minimum Gasteiger partial charge on any atom is -0.497 e. The molecule has 0 saturated carbocycles. The van der Waals surface area contributed by atoms with Crippen LogP contribution in [0, 0.1) is 0 Å². The van der Waals surface area contributed by atoms with E-state index >= 15 is 0 Å². The van der Waals surface area contributed by atoms with E-state index in [0.29, 0.717) is 6.54 Å². The molecule has 1 aromatic carbocycles.